The molecule has 0 aliphatic carbocycles. The summed E-state index contributed by atoms with van der Waals surface area (Å²) in [6.07, 6.45) is 2.57. The number of benzene rings is 2. The van der Waals surface area contributed by atoms with Gasteiger partial charge in [-0.25, -0.2) is 8.42 Å². The highest BCUT2D eigenvalue weighted by molar-refractivity contribution is 7.92. The monoisotopic (exact) mass is 394 g/mol. The minimum atomic E-state index is -3.56. The lowest BCUT2D eigenvalue weighted by Crippen LogP contribution is -2.41. The molecule has 0 radical (unpaired) electrons. The molecular formula is C19H23ClN2O3S. The number of rotatable bonds is 8. The Morgan fingerprint density at radius 2 is 1.77 bits per heavy atom. The van der Waals surface area contributed by atoms with Crippen LogP contribution in [-0.4, -0.2) is 33.7 Å². The van der Waals surface area contributed by atoms with Gasteiger partial charge in [0, 0.05) is 11.6 Å². The minimum Gasteiger partial charge on any atom is -0.355 e. The van der Waals surface area contributed by atoms with E-state index in [0.29, 0.717) is 17.3 Å². The normalized spacial score (nSPS) is 11.2. The fourth-order valence-corrected chi connectivity index (χ4v) is 3.76. The van der Waals surface area contributed by atoms with E-state index in [9.17, 15) is 13.2 Å². The highest BCUT2D eigenvalue weighted by Crippen LogP contribution is 2.21. The molecule has 0 heterocycles. The first-order valence-electron chi connectivity index (χ1n) is 8.32. The molecule has 1 amide bonds. The number of anilines is 1. The summed E-state index contributed by atoms with van der Waals surface area (Å²) in [5.74, 6) is -0.335. The third-order valence-corrected chi connectivity index (χ3v) is 5.47. The first-order valence-corrected chi connectivity index (χ1v) is 10.5. The smallest absolute Gasteiger partial charge is 0.240 e. The molecule has 0 aromatic heterocycles. The van der Waals surface area contributed by atoms with E-state index in [1.54, 1.807) is 12.1 Å². The molecule has 5 nitrogen and oxygen atoms in total. The van der Waals surface area contributed by atoms with Gasteiger partial charge < -0.3 is 5.32 Å². The average Bonchev–Trinajstić information content (AvgIpc) is 2.58. The van der Waals surface area contributed by atoms with Crippen molar-refractivity contribution in [1.29, 1.82) is 0 Å². The van der Waals surface area contributed by atoms with Crippen LogP contribution in [0.5, 0.6) is 0 Å². The zero-order valence-corrected chi connectivity index (χ0v) is 16.5. The Hall–Kier alpha value is -2.05. The zero-order valence-electron chi connectivity index (χ0n) is 14.9. The van der Waals surface area contributed by atoms with E-state index in [-0.39, 0.29) is 12.5 Å². The number of carbonyl (C=O) groups excluding carboxylic acids is 1. The third kappa shape index (κ3) is 5.75. The Balaban J connectivity index is 1.92. The summed E-state index contributed by atoms with van der Waals surface area (Å²) >= 11 is 6.11. The van der Waals surface area contributed by atoms with Gasteiger partial charge in [-0.15, -0.1) is 0 Å². The van der Waals surface area contributed by atoms with E-state index in [0.717, 1.165) is 34.5 Å². The second kappa shape index (κ2) is 9.05. The van der Waals surface area contributed by atoms with Crippen LogP contribution >= 0.6 is 11.6 Å². The van der Waals surface area contributed by atoms with Gasteiger partial charge in [0.15, 0.2) is 0 Å². The molecule has 2 aromatic carbocycles. The fourth-order valence-electron chi connectivity index (χ4n) is 2.62. The zero-order chi connectivity index (χ0) is 19.2. The van der Waals surface area contributed by atoms with Crippen LogP contribution in [0.2, 0.25) is 5.02 Å². The summed E-state index contributed by atoms with van der Waals surface area (Å²) < 4.78 is 25.3. The molecule has 0 unspecified atom stereocenters. The molecule has 2 aromatic rings. The van der Waals surface area contributed by atoms with Crippen LogP contribution in [0.1, 0.15) is 17.5 Å². The van der Waals surface area contributed by atoms with Crippen LogP contribution in [0.15, 0.2) is 48.5 Å². The van der Waals surface area contributed by atoms with Crippen molar-refractivity contribution >= 4 is 33.2 Å². The first-order chi connectivity index (χ1) is 12.3. The highest BCUT2D eigenvalue weighted by atomic mass is 35.5. The molecule has 0 aliphatic rings. The highest BCUT2D eigenvalue weighted by Gasteiger charge is 2.21. The lowest BCUT2D eigenvalue weighted by Gasteiger charge is -2.23. The van der Waals surface area contributed by atoms with Crippen molar-refractivity contribution in [3.63, 3.8) is 0 Å². The second-order valence-electron chi connectivity index (χ2n) is 6.10. The van der Waals surface area contributed by atoms with Crippen molar-refractivity contribution < 1.29 is 13.2 Å². The van der Waals surface area contributed by atoms with E-state index in [1.807, 2.05) is 43.3 Å². The molecule has 140 valence electrons. The number of sulfonamides is 1. The van der Waals surface area contributed by atoms with Gasteiger partial charge in [-0.1, -0.05) is 48.0 Å². The molecule has 2 rings (SSSR count). The lowest BCUT2D eigenvalue weighted by molar-refractivity contribution is -0.119. The minimum absolute atomic E-state index is 0.240. The number of nitrogens with one attached hydrogen (secondary N) is 1. The molecule has 0 atom stereocenters. The van der Waals surface area contributed by atoms with Gasteiger partial charge in [0.25, 0.3) is 0 Å². The number of aryl methyl sites for hydroxylation is 2. The predicted octanol–water partition coefficient (Wildman–Crippen LogP) is 3.16. The Labute approximate surface area is 160 Å². The van der Waals surface area contributed by atoms with Crippen LogP contribution in [0.4, 0.5) is 5.69 Å². The summed E-state index contributed by atoms with van der Waals surface area (Å²) in [4.78, 5) is 12.2. The quantitative estimate of drug-likeness (QED) is 0.699. The summed E-state index contributed by atoms with van der Waals surface area (Å²) in [5, 5.41) is 3.49. The van der Waals surface area contributed by atoms with Crippen LogP contribution in [-0.2, 0) is 21.2 Å². The molecule has 0 saturated carbocycles. The molecule has 0 spiro atoms. The summed E-state index contributed by atoms with van der Waals surface area (Å²) in [6, 6.07) is 14.7. The molecular weight excluding hydrogens is 372 g/mol. The van der Waals surface area contributed by atoms with Crippen LogP contribution < -0.4 is 9.62 Å². The largest absolute Gasteiger partial charge is 0.355 e. The molecule has 0 aliphatic heterocycles. The Morgan fingerprint density at radius 3 is 2.42 bits per heavy atom. The van der Waals surface area contributed by atoms with Gasteiger partial charge in [0.05, 0.1) is 11.9 Å². The van der Waals surface area contributed by atoms with Gasteiger partial charge in [-0.2, -0.15) is 0 Å². The van der Waals surface area contributed by atoms with Crippen molar-refractivity contribution in [2.75, 3.05) is 23.7 Å². The molecule has 26 heavy (non-hydrogen) atoms. The SMILES string of the molecule is Cc1ccccc1N(CC(=O)NCCCc1ccccc1Cl)S(C)(=O)=O. The van der Waals surface area contributed by atoms with Crippen LogP contribution in [0, 0.1) is 6.92 Å². The van der Waals surface area contributed by atoms with Crippen molar-refractivity contribution in [2.24, 2.45) is 0 Å². The van der Waals surface area contributed by atoms with E-state index < -0.39 is 10.0 Å². The van der Waals surface area contributed by atoms with E-state index in [1.165, 1.54) is 0 Å². The molecule has 1 N–H and O–H groups in total. The topological polar surface area (TPSA) is 66.5 Å². The van der Waals surface area contributed by atoms with Gasteiger partial charge in [0.2, 0.25) is 15.9 Å². The molecule has 0 fully saturated rings. The number of halogens is 1. The van der Waals surface area contributed by atoms with Crippen molar-refractivity contribution in [3.8, 4) is 0 Å². The van der Waals surface area contributed by atoms with Gasteiger partial charge in [-0.3, -0.25) is 9.10 Å². The summed E-state index contributed by atoms with van der Waals surface area (Å²) in [5.41, 5.74) is 2.34. The number of amides is 1. The first kappa shape index (κ1) is 20.3. The maximum absolute atomic E-state index is 12.2. The Morgan fingerprint density at radius 1 is 1.12 bits per heavy atom. The van der Waals surface area contributed by atoms with Crippen LogP contribution in [0.25, 0.3) is 0 Å². The summed E-state index contributed by atoms with van der Waals surface area (Å²) in [6.45, 7) is 2.03. The van der Waals surface area contributed by atoms with Crippen molar-refractivity contribution in [1.82, 2.24) is 5.32 Å². The van der Waals surface area contributed by atoms with E-state index in [4.69, 9.17) is 11.6 Å². The van der Waals surface area contributed by atoms with Gasteiger partial charge in [-0.05, 0) is 43.0 Å². The Bertz CT molecular complexity index is 869. The molecule has 0 saturated heterocycles. The maximum atomic E-state index is 12.2. The predicted molar refractivity (Wildman–Crippen MR) is 106 cm³/mol. The number of hydrogen-bond donors (Lipinski definition) is 1. The number of hydrogen-bond acceptors (Lipinski definition) is 3. The van der Waals surface area contributed by atoms with E-state index >= 15 is 0 Å². The fraction of sp³-hybridized carbons (Fsp3) is 0.316. The van der Waals surface area contributed by atoms with Crippen LogP contribution in [0.3, 0.4) is 0 Å². The van der Waals surface area contributed by atoms with Gasteiger partial charge >= 0.3 is 0 Å². The van der Waals surface area contributed by atoms with Crippen molar-refractivity contribution in [2.45, 2.75) is 19.8 Å². The number of carbonyl (C=O) groups is 1. The number of para-hydroxylation sites is 1. The third-order valence-electron chi connectivity index (χ3n) is 3.97. The maximum Gasteiger partial charge on any atom is 0.240 e. The Kier molecular flexibility index (Phi) is 7.06. The average molecular weight is 395 g/mol. The van der Waals surface area contributed by atoms with E-state index in [2.05, 4.69) is 5.32 Å². The number of nitrogens with zero attached hydrogens (tertiary/aromatic N) is 1. The van der Waals surface area contributed by atoms with Crippen molar-refractivity contribution in [3.05, 3.63) is 64.7 Å². The second-order valence-corrected chi connectivity index (χ2v) is 8.42. The standard InChI is InChI=1S/C19H23ClN2O3S/c1-15-8-3-6-12-18(15)22(26(2,24)25)14-19(23)21-13-7-10-16-9-4-5-11-17(16)20/h3-6,8-9,11-12H,7,10,13-14H2,1-2H3,(H,21,23). The summed E-state index contributed by atoms with van der Waals surface area (Å²) in [7, 11) is -3.56. The molecule has 0 bridgehead atoms. The lowest BCUT2D eigenvalue weighted by atomic mass is 10.1. The molecule has 7 heteroatoms. The van der Waals surface area contributed by atoms with Gasteiger partial charge in [0.1, 0.15) is 6.54 Å².